The topological polar surface area (TPSA) is 90.2 Å². The molecule has 92 heavy (non-hydrogen) atoms. The lowest BCUT2D eigenvalue weighted by Crippen LogP contribution is -1.96. The molecule has 7 heteroatoms. The molecule has 436 valence electrons. The van der Waals surface area contributed by atoms with E-state index in [2.05, 4.69) is 263 Å². The summed E-state index contributed by atoms with van der Waals surface area (Å²) >= 11 is 0. The van der Waals surface area contributed by atoms with Gasteiger partial charge in [-0.1, -0.05) is 243 Å². The molecule has 0 bridgehead atoms. The molecule has 0 unspecified atom stereocenters. The molecule has 0 N–H and O–H groups in total. The minimum absolute atomic E-state index is 0.711. The van der Waals surface area contributed by atoms with Crippen LogP contribution in [0.3, 0.4) is 0 Å². The number of aryl methyl sites for hydroxylation is 4. The Bertz CT molecular complexity index is 4950. The Balaban J connectivity index is 0.000000153. The van der Waals surface area contributed by atoms with Gasteiger partial charge in [0.25, 0.3) is 0 Å². The number of benzene rings is 10. The summed E-state index contributed by atoms with van der Waals surface area (Å²) in [5.41, 5.74) is 28.1. The third-order valence-corrected chi connectivity index (χ3v) is 17.1. The average molecular weight is 1180 g/mol. The first-order chi connectivity index (χ1) is 45.2. The summed E-state index contributed by atoms with van der Waals surface area (Å²) < 4.78 is 0. The van der Waals surface area contributed by atoms with Gasteiger partial charge in [-0.25, -0.2) is 24.9 Å². The molecule has 0 saturated heterocycles. The Morgan fingerprint density at radius 3 is 0.967 bits per heavy atom. The molecule has 0 radical (unpaired) electrons. The first-order valence-electron chi connectivity index (χ1n) is 31.1. The van der Waals surface area contributed by atoms with E-state index in [1.54, 1.807) is 0 Å². The number of nitrogens with zero attached hydrogens (tertiary/aromatic N) is 7. The fourth-order valence-electron chi connectivity index (χ4n) is 12.3. The number of aromatic nitrogens is 7. The second-order valence-corrected chi connectivity index (χ2v) is 23.5. The van der Waals surface area contributed by atoms with Gasteiger partial charge >= 0.3 is 0 Å². The summed E-state index contributed by atoms with van der Waals surface area (Å²) in [7, 11) is 0. The van der Waals surface area contributed by atoms with Crippen molar-refractivity contribution in [3.63, 3.8) is 0 Å². The minimum atomic E-state index is 0.711. The van der Waals surface area contributed by atoms with Crippen LogP contribution in [0.25, 0.3) is 156 Å². The average Bonchev–Trinajstić information content (AvgIpc) is 0.809. The molecule has 0 saturated carbocycles. The van der Waals surface area contributed by atoms with Crippen LogP contribution in [0.1, 0.15) is 22.5 Å². The normalized spacial score (nSPS) is 11.3. The van der Waals surface area contributed by atoms with Gasteiger partial charge in [0.15, 0.2) is 5.82 Å². The van der Waals surface area contributed by atoms with Crippen molar-refractivity contribution in [1.29, 1.82) is 0 Å². The number of fused-ring (bicyclic) bond motifs is 6. The third kappa shape index (κ3) is 11.6. The monoisotopic (exact) mass is 1180 g/mol. The molecule has 0 fully saturated rings. The van der Waals surface area contributed by atoms with Crippen molar-refractivity contribution < 1.29 is 0 Å². The maximum atomic E-state index is 5.13. The SMILES string of the molecule is Cc1ccc2ccc3c(C)cc(-c4ccc(-c5cccc(-c6cc(-c7ccccc7)cc(-c7ccccc7)n6)c5)cc4)nc3c2n1.Cc1ccc2ccc3c(C)cc(-c4ccc(-c5cccc(-c6cc(-c7ccccc7)nc(-c7ccccc7)n6)c5)cc4)nc3c2n1. The smallest absolute Gasteiger partial charge is 0.160 e. The molecule has 0 aliphatic heterocycles. The van der Waals surface area contributed by atoms with Gasteiger partial charge < -0.3 is 0 Å². The molecule has 0 amide bonds. The van der Waals surface area contributed by atoms with E-state index < -0.39 is 0 Å². The van der Waals surface area contributed by atoms with E-state index in [0.717, 1.165) is 156 Å². The maximum Gasteiger partial charge on any atom is 0.160 e. The van der Waals surface area contributed by atoms with E-state index in [4.69, 9.17) is 34.9 Å². The number of hydrogen-bond acceptors (Lipinski definition) is 7. The molecule has 16 rings (SSSR count). The van der Waals surface area contributed by atoms with E-state index in [1.165, 1.54) is 16.7 Å². The third-order valence-electron chi connectivity index (χ3n) is 17.1. The zero-order valence-electron chi connectivity index (χ0n) is 51.4. The summed E-state index contributed by atoms with van der Waals surface area (Å²) in [6, 6.07) is 104. The lowest BCUT2D eigenvalue weighted by molar-refractivity contribution is 1.18. The number of hydrogen-bond donors (Lipinski definition) is 0. The summed E-state index contributed by atoms with van der Waals surface area (Å²) in [4.78, 5) is 35.0. The van der Waals surface area contributed by atoms with E-state index >= 15 is 0 Å². The van der Waals surface area contributed by atoms with Crippen molar-refractivity contribution in [3.05, 3.63) is 320 Å². The maximum absolute atomic E-state index is 5.13. The fourth-order valence-corrected chi connectivity index (χ4v) is 12.3. The highest BCUT2D eigenvalue weighted by molar-refractivity contribution is 6.06. The summed E-state index contributed by atoms with van der Waals surface area (Å²) in [5, 5.41) is 4.49. The molecule has 16 aromatic rings. The molecule has 7 nitrogen and oxygen atoms in total. The molecule has 10 aromatic carbocycles. The lowest BCUT2D eigenvalue weighted by Gasteiger charge is -2.12. The van der Waals surface area contributed by atoms with Gasteiger partial charge in [-0.3, -0.25) is 9.97 Å². The first-order valence-corrected chi connectivity index (χ1v) is 31.1. The highest BCUT2D eigenvalue weighted by atomic mass is 14.9. The van der Waals surface area contributed by atoms with Crippen LogP contribution in [0, 0.1) is 27.7 Å². The highest BCUT2D eigenvalue weighted by Crippen LogP contribution is 2.37. The summed E-state index contributed by atoms with van der Waals surface area (Å²) in [6.07, 6.45) is 0. The summed E-state index contributed by atoms with van der Waals surface area (Å²) in [5.74, 6) is 0.711. The van der Waals surface area contributed by atoms with Crippen molar-refractivity contribution in [2.45, 2.75) is 27.7 Å². The van der Waals surface area contributed by atoms with E-state index in [1.807, 2.05) is 62.4 Å². The van der Waals surface area contributed by atoms with Gasteiger partial charge in [-0.2, -0.15) is 0 Å². The van der Waals surface area contributed by atoms with Crippen molar-refractivity contribution in [3.8, 4) is 112 Å². The van der Waals surface area contributed by atoms with Crippen molar-refractivity contribution in [2.24, 2.45) is 0 Å². The van der Waals surface area contributed by atoms with Crippen LogP contribution in [-0.2, 0) is 0 Å². The minimum Gasteiger partial charge on any atom is -0.251 e. The Labute approximate surface area is 535 Å². The van der Waals surface area contributed by atoms with Crippen LogP contribution < -0.4 is 0 Å². The van der Waals surface area contributed by atoms with Crippen LogP contribution in [-0.4, -0.2) is 34.9 Å². The van der Waals surface area contributed by atoms with Gasteiger partial charge in [0.05, 0.1) is 56.2 Å². The fraction of sp³-hybridized carbons (Fsp3) is 0.0471. The largest absolute Gasteiger partial charge is 0.251 e. The van der Waals surface area contributed by atoms with Crippen LogP contribution in [0.15, 0.2) is 297 Å². The molecular formula is C85H61N7. The zero-order valence-corrected chi connectivity index (χ0v) is 51.4. The molecule has 0 aliphatic carbocycles. The first kappa shape index (κ1) is 56.6. The molecule has 6 aromatic heterocycles. The molecular weight excluding hydrogens is 1120 g/mol. The van der Waals surface area contributed by atoms with Crippen molar-refractivity contribution >= 4 is 43.6 Å². The van der Waals surface area contributed by atoms with Crippen LogP contribution >= 0.6 is 0 Å². The van der Waals surface area contributed by atoms with Gasteiger partial charge in [0.1, 0.15) is 0 Å². The van der Waals surface area contributed by atoms with Gasteiger partial charge in [-0.05, 0) is 127 Å². The Morgan fingerprint density at radius 1 is 0.185 bits per heavy atom. The Morgan fingerprint density at radius 2 is 0.511 bits per heavy atom. The Kier molecular flexibility index (Phi) is 15.1. The van der Waals surface area contributed by atoms with Crippen LogP contribution in [0.4, 0.5) is 0 Å². The van der Waals surface area contributed by atoms with E-state index in [-0.39, 0.29) is 0 Å². The van der Waals surface area contributed by atoms with Gasteiger partial charge in [0.2, 0.25) is 0 Å². The molecule has 0 atom stereocenters. The molecule has 6 heterocycles. The number of pyridine rings is 5. The van der Waals surface area contributed by atoms with E-state index in [9.17, 15) is 0 Å². The summed E-state index contributed by atoms with van der Waals surface area (Å²) in [6.45, 7) is 8.35. The van der Waals surface area contributed by atoms with Crippen molar-refractivity contribution in [2.75, 3.05) is 0 Å². The van der Waals surface area contributed by atoms with Crippen molar-refractivity contribution in [1.82, 2.24) is 34.9 Å². The second kappa shape index (κ2) is 24.6. The lowest BCUT2D eigenvalue weighted by atomic mass is 9.97. The van der Waals surface area contributed by atoms with Gasteiger partial charge in [0, 0.05) is 71.9 Å². The predicted molar refractivity (Wildman–Crippen MR) is 381 cm³/mol. The van der Waals surface area contributed by atoms with Gasteiger partial charge in [-0.15, -0.1) is 0 Å². The predicted octanol–water partition coefficient (Wildman–Crippen LogP) is 21.7. The quantitative estimate of drug-likeness (QED) is 0.126. The highest BCUT2D eigenvalue weighted by Gasteiger charge is 2.16. The van der Waals surface area contributed by atoms with E-state index in [0.29, 0.717) is 5.82 Å². The molecule has 0 aliphatic rings. The Hall–Kier alpha value is -11.9. The van der Waals surface area contributed by atoms with Crippen LogP contribution in [0.2, 0.25) is 0 Å². The number of rotatable bonds is 10. The zero-order chi connectivity index (χ0) is 62.1. The van der Waals surface area contributed by atoms with Crippen LogP contribution in [0.5, 0.6) is 0 Å². The standard InChI is InChI=1S/C43H31N3.C42H30N4/c1-28-24-39(46-43-38(28)23-22-34-17-16-29(2)44-42(34)43)33-20-18-31(19-21-33)35-14-9-15-36(25-35)41-27-37(30-10-5-3-6-11-30)26-40(45-41)32-12-7-4-8-13-32;1-27-24-37(44-41-36(27)23-22-32-17-16-28(2)43-40(32)41)31-20-18-29(19-21-31)34-14-9-15-35(25-34)39-26-38(30-10-5-3-6-11-30)45-42(46-39)33-12-7-4-8-13-33/h3-27H,1-2H3;3-26H,1-2H3. The second-order valence-electron chi connectivity index (χ2n) is 23.5. The molecule has 0 spiro atoms.